The Morgan fingerprint density at radius 1 is 1.00 bits per heavy atom. The third-order valence-corrected chi connectivity index (χ3v) is 6.54. The predicted molar refractivity (Wildman–Crippen MR) is 120 cm³/mol. The van der Waals surface area contributed by atoms with E-state index in [1.165, 1.54) is 36.0 Å². The van der Waals surface area contributed by atoms with E-state index >= 15 is 0 Å². The van der Waals surface area contributed by atoms with Crippen molar-refractivity contribution in [3.8, 4) is 11.3 Å². The molecular weight excluding hydrogens is 442 g/mol. The van der Waals surface area contributed by atoms with Crippen molar-refractivity contribution in [2.75, 3.05) is 37.3 Å². The number of rotatable bonds is 5. The number of halogens is 3. The smallest absolute Gasteiger partial charge is 0.244 e. The lowest BCUT2D eigenvalue weighted by atomic mass is 10.1. The van der Waals surface area contributed by atoms with E-state index in [-0.39, 0.29) is 24.1 Å². The maximum atomic E-state index is 13.3. The number of benzene rings is 2. The van der Waals surface area contributed by atoms with Crippen LogP contribution in [0.2, 0.25) is 5.02 Å². The largest absolute Gasteiger partial charge is 0.368 e. The number of amides is 1. The highest BCUT2D eigenvalue weighted by Gasteiger charge is 2.24. The van der Waals surface area contributed by atoms with E-state index in [1.54, 1.807) is 33.8 Å². The van der Waals surface area contributed by atoms with Crippen LogP contribution in [-0.2, 0) is 11.3 Å². The molecule has 1 amide bonds. The molecule has 0 saturated carbocycles. The Hall–Kier alpha value is -2.58. The third-order valence-electron chi connectivity index (χ3n) is 5.27. The minimum atomic E-state index is -0.334. The Labute approximate surface area is 188 Å². The van der Waals surface area contributed by atoms with Gasteiger partial charge in [-0.25, -0.2) is 13.5 Å². The van der Waals surface area contributed by atoms with Crippen LogP contribution in [0.5, 0.6) is 0 Å². The topological polar surface area (TPSA) is 41.4 Å². The Balaban J connectivity index is 1.44. The molecule has 1 fully saturated rings. The zero-order valence-corrected chi connectivity index (χ0v) is 18.5. The second-order valence-electron chi connectivity index (χ2n) is 7.18. The van der Waals surface area contributed by atoms with Crippen LogP contribution in [0.3, 0.4) is 0 Å². The summed E-state index contributed by atoms with van der Waals surface area (Å²) in [5.74, 6) is -0.640. The minimum Gasteiger partial charge on any atom is -0.368 e. The second-order valence-corrected chi connectivity index (χ2v) is 8.35. The van der Waals surface area contributed by atoms with E-state index in [4.69, 9.17) is 11.6 Å². The highest BCUT2D eigenvalue weighted by atomic mass is 35.5. The van der Waals surface area contributed by atoms with Gasteiger partial charge >= 0.3 is 0 Å². The van der Waals surface area contributed by atoms with E-state index in [0.29, 0.717) is 47.5 Å². The monoisotopic (exact) mass is 462 g/mol. The lowest BCUT2D eigenvalue weighted by Gasteiger charge is -2.36. The van der Waals surface area contributed by atoms with Crippen molar-refractivity contribution in [1.82, 2.24) is 14.7 Å². The first-order valence-electron chi connectivity index (χ1n) is 9.81. The number of hydrogen-bond acceptors (Lipinski definition) is 4. The molecule has 4 rings (SSSR count). The van der Waals surface area contributed by atoms with Crippen LogP contribution >= 0.6 is 23.4 Å². The van der Waals surface area contributed by atoms with Crippen LogP contribution < -0.4 is 4.90 Å². The molecule has 3 aromatic rings. The molecule has 162 valence electrons. The van der Waals surface area contributed by atoms with Gasteiger partial charge in [0.05, 0.1) is 0 Å². The summed E-state index contributed by atoms with van der Waals surface area (Å²) in [7, 11) is 0. The predicted octanol–water partition coefficient (Wildman–Crippen LogP) is 4.55. The molecule has 0 radical (unpaired) electrons. The van der Waals surface area contributed by atoms with Crippen molar-refractivity contribution in [3.63, 3.8) is 0 Å². The fourth-order valence-corrected chi connectivity index (χ4v) is 4.68. The van der Waals surface area contributed by atoms with Gasteiger partial charge in [-0.05, 0) is 54.8 Å². The Kier molecular flexibility index (Phi) is 6.48. The molecule has 0 N–H and O–H groups in total. The molecule has 1 aromatic heterocycles. The third kappa shape index (κ3) is 4.70. The molecule has 31 heavy (non-hydrogen) atoms. The van der Waals surface area contributed by atoms with Gasteiger partial charge in [0.2, 0.25) is 5.91 Å². The summed E-state index contributed by atoms with van der Waals surface area (Å²) in [4.78, 5) is 16.9. The van der Waals surface area contributed by atoms with Crippen LogP contribution in [0.4, 0.5) is 14.5 Å². The second kappa shape index (κ2) is 9.28. The van der Waals surface area contributed by atoms with Crippen LogP contribution in [0, 0.1) is 11.6 Å². The van der Waals surface area contributed by atoms with E-state index in [9.17, 15) is 13.6 Å². The lowest BCUT2D eigenvalue weighted by Crippen LogP contribution is -2.49. The van der Waals surface area contributed by atoms with Gasteiger partial charge in [0.25, 0.3) is 0 Å². The Bertz CT molecular complexity index is 1060. The van der Waals surface area contributed by atoms with Gasteiger partial charge in [-0.1, -0.05) is 11.6 Å². The Morgan fingerprint density at radius 3 is 2.16 bits per heavy atom. The molecule has 0 atom stereocenters. The zero-order valence-electron chi connectivity index (χ0n) is 16.9. The molecule has 9 heteroatoms. The molecule has 5 nitrogen and oxygen atoms in total. The molecule has 1 aliphatic rings. The summed E-state index contributed by atoms with van der Waals surface area (Å²) in [6.45, 7) is 2.57. The van der Waals surface area contributed by atoms with Gasteiger partial charge in [-0.15, -0.1) is 11.8 Å². The van der Waals surface area contributed by atoms with Gasteiger partial charge in [0, 0.05) is 37.4 Å². The van der Waals surface area contributed by atoms with Crippen molar-refractivity contribution in [1.29, 1.82) is 0 Å². The number of piperazine rings is 1. The average Bonchev–Trinajstić information content (AvgIpc) is 3.09. The van der Waals surface area contributed by atoms with E-state index in [1.807, 2.05) is 6.26 Å². The Morgan fingerprint density at radius 2 is 1.58 bits per heavy atom. The molecule has 1 aliphatic heterocycles. The fraction of sp³-hybridized carbons (Fsp3) is 0.273. The first-order chi connectivity index (χ1) is 15.0. The summed E-state index contributed by atoms with van der Waals surface area (Å²) in [5, 5.41) is 5.68. The lowest BCUT2D eigenvalue weighted by molar-refractivity contribution is -0.132. The van der Waals surface area contributed by atoms with E-state index in [0.717, 1.165) is 5.69 Å². The van der Waals surface area contributed by atoms with Crippen LogP contribution in [0.1, 0.15) is 0 Å². The number of anilines is 1. The standard InChI is InChI=1S/C22H21ClF2N4OS/c1-31-22-20(23)21(15-2-4-16(24)5-3-15)26-29(22)14-19(30)28-12-10-27(11-13-28)18-8-6-17(25)7-9-18/h2-9H,10-14H2,1H3. The number of carbonyl (C=O) groups excluding carboxylic acids is 1. The maximum Gasteiger partial charge on any atom is 0.244 e. The van der Waals surface area contributed by atoms with Crippen molar-refractivity contribution in [2.45, 2.75) is 11.6 Å². The van der Waals surface area contributed by atoms with Crippen molar-refractivity contribution in [2.24, 2.45) is 0 Å². The number of thioether (sulfide) groups is 1. The van der Waals surface area contributed by atoms with Crippen LogP contribution in [0.25, 0.3) is 11.3 Å². The molecule has 0 spiro atoms. The summed E-state index contributed by atoms with van der Waals surface area (Å²) >= 11 is 7.93. The van der Waals surface area contributed by atoms with Gasteiger partial charge in [0.1, 0.15) is 33.9 Å². The molecule has 1 saturated heterocycles. The number of nitrogens with zero attached hydrogens (tertiary/aromatic N) is 4. The van der Waals surface area contributed by atoms with Crippen molar-refractivity contribution in [3.05, 3.63) is 65.2 Å². The fourth-order valence-electron chi connectivity index (χ4n) is 3.61. The number of hydrogen-bond donors (Lipinski definition) is 0. The maximum absolute atomic E-state index is 13.3. The molecule has 2 heterocycles. The first-order valence-corrected chi connectivity index (χ1v) is 11.4. The van der Waals surface area contributed by atoms with Crippen molar-refractivity contribution < 1.29 is 13.6 Å². The number of aromatic nitrogens is 2. The number of carbonyl (C=O) groups is 1. The average molecular weight is 463 g/mol. The van der Waals surface area contributed by atoms with E-state index < -0.39 is 0 Å². The highest BCUT2D eigenvalue weighted by Crippen LogP contribution is 2.35. The summed E-state index contributed by atoms with van der Waals surface area (Å²) in [6.07, 6.45) is 1.87. The summed E-state index contributed by atoms with van der Waals surface area (Å²) in [6, 6.07) is 12.3. The molecule has 0 aliphatic carbocycles. The SMILES string of the molecule is CSc1c(Cl)c(-c2ccc(F)cc2)nn1CC(=O)N1CCN(c2ccc(F)cc2)CC1. The normalized spacial score (nSPS) is 14.2. The van der Waals surface area contributed by atoms with Crippen molar-refractivity contribution >= 4 is 35.0 Å². The van der Waals surface area contributed by atoms with Gasteiger partial charge in [0.15, 0.2) is 0 Å². The summed E-state index contributed by atoms with van der Waals surface area (Å²) < 4.78 is 28.0. The van der Waals surface area contributed by atoms with E-state index in [2.05, 4.69) is 10.00 Å². The molecule has 2 aromatic carbocycles. The minimum absolute atomic E-state index is 0.0427. The quantitative estimate of drug-likeness (QED) is 0.521. The molecular formula is C22H21ClF2N4OS. The van der Waals surface area contributed by atoms with Crippen LogP contribution in [0.15, 0.2) is 53.6 Å². The zero-order chi connectivity index (χ0) is 22.0. The molecule has 0 bridgehead atoms. The van der Waals surface area contributed by atoms with Crippen LogP contribution in [-0.4, -0.2) is 53.0 Å². The van der Waals surface area contributed by atoms with Gasteiger partial charge in [-0.2, -0.15) is 5.10 Å². The highest BCUT2D eigenvalue weighted by molar-refractivity contribution is 7.98. The molecule has 0 unspecified atom stereocenters. The van der Waals surface area contributed by atoms with Gasteiger partial charge < -0.3 is 9.80 Å². The summed E-state index contributed by atoms with van der Waals surface area (Å²) in [5.41, 5.74) is 2.17. The van der Waals surface area contributed by atoms with Gasteiger partial charge in [-0.3, -0.25) is 4.79 Å². The first kappa shape index (κ1) is 21.6.